The first-order chi connectivity index (χ1) is 7.58. The van der Waals surface area contributed by atoms with Crippen LogP contribution in [0.3, 0.4) is 0 Å². The Kier molecular flexibility index (Phi) is 4.63. The quantitative estimate of drug-likeness (QED) is 0.442. The Morgan fingerprint density at radius 1 is 0.562 bits per heavy atom. The van der Waals surface area contributed by atoms with Crippen LogP contribution in [-0.4, -0.2) is 23.9 Å². The van der Waals surface area contributed by atoms with Gasteiger partial charge in [-0.3, -0.25) is 19.2 Å². The number of ether oxygens (including phenoxy) is 2. The molecule has 0 aromatic rings. The molecule has 16 heavy (non-hydrogen) atoms. The molecule has 0 radical (unpaired) electrons. The molecule has 2 aliphatic rings. The van der Waals surface area contributed by atoms with Crippen molar-refractivity contribution < 1.29 is 28.7 Å². The van der Waals surface area contributed by atoms with Crippen LogP contribution < -0.4 is 0 Å². The smallest absolute Gasteiger partial charge is 0.314 e. The summed E-state index contributed by atoms with van der Waals surface area (Å²) in [6.45, 7) is 0. The van der Waals surface area contributed by atoms with Crippen LogP contribution in [0.4, 0.5) is 0 Å². The average Bonchev–Trinajstić information content (AvgIpc) is 2.47. The number of carbonyl (C=O) groups excluding carboxylic acids is 4. The van der Waals surface area contributed by atoms with Gasteiger partial charge in [0.25, 0.3) is 0 Å². The highest BCUT2D eigenvalue weighted by molar-refractivity contribution is 5.92. The predicted octanol–water partition coefficient (Wildman–Crippen LogP) is 0.480. The third-order valence-electron chi connectivity index (χ3n) is 2.00. The monoisotopic (exact) mass is 228 g/mol. The molecule has 0 unspecified atom stereocenters. The summed E-state index contributed by atoms with van der Waals surface area (Å²) in [6, 6.07) is 0. The summed E-state index contributed by atoms with van der Waals surface area (Å²) in [6.07, 6.45) is 2.88. The van der Waals surface area contributed by atoms with E-state index in [1.165, 1.54) is 0 Å². The van der Waals surface area contributed by atoms with Crippen molar-refractivity contribution in [2.45, 2.75) is 38.5 Å². The molecule has 0 bridgehead atoms. The van der Waals surface area contributed by atoms with E-state index in [1.54, 1.807) is 0 Å². The molecule has 2 heterocycles. The summed E-state index contributed by atoms with van der Waals surface area (Å²) >= 11 is 0. The van der Waals surface area contributed by atoms with Crippen LogP contribution >= 0.6 is 0 Å². The minimum Gasteiger partial charge on any atom is -0.393 e. The Bertz CT molecular complexity index is 289. The second kappa shape index (κ2) is 5.99. The summed E-state index contributed by atoms with van der Waals surface area (Å²) in [4.78, 5) is 40.9. The van der Waals surface area contributed by atoms with Crippen LogP contribution in [0.5, 0.6) is 0 Å². The Morgan fingerprint density at radius 3 is 1.12 bits per heavy atom. The average molecular weight is 228 g/mol. The Hall–Kier alpha value is -1.72. The molecule has 0 aliphatic carbocycles. The summed E-state index contributed by atoms with van der Waals surface area (Å²) in [7, 11) is 0. The highest BCUT2D eigenvalue weighted by atomic mass is 16.6. The lowest BCUT2D eigenvalue weighted by molar-refractivity contribution is -0.158. The fourth-order valence-electron chi connectivity index (χ4n) is 1.20. The van der Waals surface area contributed by atoms with E-state index in [2.05, 4.69) is 9.47 Å². The molecule has 0 atom stereocenters. The zero-order valence-electron chi connectivity index (χ0n) is 8.69. The number of cyclic esters (lactones) is 4. The standard InChI is InChI=1S/C6H8O3.C4H4O3/c7-5-3-1-2-4-6(8)9-5;5-3-1-2-4(6)7-3/h1-4H2;1-2H2. The van der Waals surface area contributed by atoms with Gasteiger partial charge in [-0.1, -0.05) is 0 Å². The van der Waals surface area contributed by atoms with Crippen molar-refractivity contribution in [1.82, 2.24) is 0 Å². The largest absolute Gasteiger partial charge is 0.393 e. The highest BCUT2D eigenvalue weighted by Gasteiger charge is 2.19. The van der Waals surface area contributed by atoms with Crippen LogP contribution in [0, 0.1) is 0 Å². The number of carbonyl (C=O) groups is 4. The van der Waals surface area contributed by atoms with Crippen LogP contribution in [0.15, 0.2) is 0 Å². The molecule has 2 fully saturated rings. The zero-order valence-corrected chi connectivity index (χ0v) is 8.69. The lowest BCUT2D eigenvalue weighted by Crippen LogP contribution is -2.07. The van der Waals surface area contributed by atoms with Gasteiger partial charge in [0.15, 0.2) is 0 Å². The van der Waals surface area contributed by atoms with Crippen LogP contribution in [-0.2, 0) is 28.7 Å². The van der Waals surface area contributed by atoms with Gasteiger partial charge in [0.1, 0.15) is 0 Å². The first-order valence-corrected chi connectivity index (χ1v) is 5.05. The van der Waals surface area contributed by atoms with Gasteiger partial charge >= 0.3 is 23.9 Å². The van der Waals surface area contributed by atoms with E-state index in [-0.39, 0.29) is 24.8 Å². The van der Waals surface area contributed by atoms with E-state index in [0.29, 0.717) is 12.8 Å². The Balaban J connectivity index is 0.000000165. The molecule has 2 saturated heterocycles. The molecule has 2 aliphatic heterocycles. The van der Waals surface area contributed by atoms with Crippen molar-refractivity contribution >= 4 is 23.9 Å². The predicted molar refractivity (Wildman–Crippen MR) is 49.9 cm³/mol. The maximum absolute atomic E-state index is 10.5. The van der Waals surface area contributed by atoms with Crippen molar-refractivity contribution in [3.8, 4) is 0 Å². The summed E-state index contributed by atoms with van der Waals surface area (Å²) in [5.41, 5.74) is 0. The van der Waals surface area contributed by atoms with E-state index in [4.69, 9.17) is 0 Å². The Morgan fingerprint density at radius 2 is 0.875 bits per heavy atom. The molecule has 6 nitrogen and oxygen atoms in total. The van der Waals surface area contributed by atoms with Gasteiger partial charge in [0.2, 0.25) is 0 Å². The lowest BCUT2D eigenvalue weighted by atomic mass is 10.2. The lowest BCUT2D eigenvalue weighted by Gasteiger charge is -1.92. The van der Waals surface area contributed by atoms with Gasteiger partial charge in [-0.25, -0.2) is 0 Å². The van der Waals surface area contributed by atoms with E-state index in [1.807, 2.05) is 0 Å². The number of hydrogen-bond donors (Lipinski definition) is 0. The minimum absolute atomic E-state index is 0.263. The van der Waals surface area contributed by atoms with Gasteiger partial charge < -0.3 is 9.47 Å². The maximum atomic E-state index is 10.5. The van der Waals surface area contributed by atoms with Crippen molar-refractivity contribution in [2.24, 2.45) is 0 Å². The zero-order chi connectivity index (χ0) is 12.0. The molecule has 0 saturated carbocycles. The van der Waals surface area contributed by atoms with E-state index in [0.717, 1.165) is 12.8 Å². The topological polar surface area (TPSA) is 86.7 Å². The van der Waals surface area contributed by atoms with Crippen LogP contribution in [0.1, 0.15) is 38.5 Å². The van der Waals surface area contributed by atoms with Gasteiger partial charge in [-0.2, -0.15) is 0 Å². The first-order valence-electron chi connectivity index (χ1n) is 5.05. The second-order valence-corrected chi connectivity index (χ2v) is 3.40. The second-order valence-electron chi connectivity index (χ2n) is 3.40. The van der Waals surface area contributed by atoms with Gasteiger partial charge in [-0.05, 0) is 12.8 Å². The molecule has 0 aromatic heterocycles. The molecule has 2 rings (SSSR count). The SMILES string of the molecule is O=C1CCC(=O)O1.O=C1CCCCC(=O)O1. The Labute approximate surface area is 91.9 Å². The van der Waals surface area contributed by atoms with Gasteiger partial charge in [0.05, 0.1) is 12.8 Å². The molecule has 0 aromatic carbocycles. The summed E-state index contributed by atoms with van der Waals surface area (Å²) < 4.78 is 8.42. The van der Waals surface area contributed by atoms with E-state index < -0.39 is 11.9 Å². The number of hydrogen-bond acceptors (Lipinski definition) is 6. The van der Waals surface area contributed by atoms with Crippen molar-refractivity contribution in [3.63, 3.8) is 0 Å². The normalized spacial score (nSPS) is 20.5. The van der Waals surface area contributed by atoms with E-state index >= 15 is 0 Å². The van der Waals surface area contributed by atoms with Crippen molar-refractivity contribution in [2.75, 3.05) is 0 Å². The third-order valence-corrected chi connectivity index (χ3v) is 2.00. The van der Waals surface area contributed by atoms with Gasteiger partial charge in [-0.15, -0.1) is 0 Å². The summed E-state index contributed by atoms with van der Waals surface area (Å²) in [5.74, 6) is -1.55. The van der Waals surface area contributed by atoms with E-state index in [9.17, 15) is 19.2 Å². The fraction of sp³-hybridized carbons (Fsp3) is 0.600. The molecule has 0 amide bonds. The first kappa shape index (κ1) is 12.4. The molecule has 6 heteroatoms. The molecule has 88 valence electrons. The third kappa shape index (κ3) is 4.68. The summed E-state index contributed by atoms with van der Waals surface area (Å²) in [5, 5.41) is 0. The van der Waals surface area contributed by atoms with Crippen molar-refractivity contribution in [3.05, 3.63) is 0 Å². The number of esters is 4. The van der Waals surface area contributed by atoms with Gasteiger partial charge in [0, 0.05) is 12.8 Å². The molecule has 0 N–H and O–H groups in total. The van der Waals surface area contributed by atoms with Crippen LogP contribution in [0.2, 0.25) is 0 Å². The molecular weight excluding hydrogens is 216 g/mol. The van der Waals surface area contributed by atoms with Crippen LogP contribution in [0.25, 0.3) is 0 Å². The fourth-order valence-corrected chi connectivity index (χ4v) is 1.20. The maximum Gasteiger partial charge on any atom is 0.314 e. The van der Waals surface area contributed by atoms with Crippen molar-refractivity contribution in [1.29, 1.82) is 0 Å². The minimum atomic E-state index is -0.398. The molecular formula is C10H12O6. The molecule has 0 spiro atoms. The number of rotatable bonds is 0. The highest BCUT2D eigenvalue weighted by Crippen LogP contribution is 2.07.